The van der Waals surface area contributed by atoms with Gasteiger partial charge in [0.2, 0.25) is 11.8 Å². The number of amides is 2. The molecule has 152 valence electrons. The lowest BCUT2D eigenvalue weighted by atomic mass is 9.81. The van der Waals surface area contributed by atoms with Crippen LogP contribution in [0.5, 0.6) is 5.75 Å². The molecule has 0 aromatic heterocycles. The zero-order valence-corrected chi connectivity index (χ0v) is 17.1. The highest BCUT2D eigenvalue weighted by Gasteiger charge is 2.49. The smallest absolute Gasteiger partial charge is 0.237 e. The summed E-state index contributed by atoms with van der Waals surface area (Å²) in [5.74, 6) is 1.11. The number of quaternary nitrogens is 2. The Morgan fingerprint density at radius 2 is 1.61 bits per heavy atom. The highest BCUT2D eigenvalue weighted by atomic mass is 16.5. The maximum Gasteiger partial charge on any atom is 0.237 e. The standard InChI is InChI=1S/C22H31N3O3/c1-16-7-8-20(28-2)17(13-16)14-23-9-11-24(12-10-23)15-25-21(26)18-5-3-4-6-19(18)22(25)27/h7-8,13,18-19H,3-6,9-12,14-15H2,1-2H3/p+2/t18-,19+. The van der Waals surface area contributed by atoms with Crippen LogP contribution in [-0.4, -0.2) is 56.7 Å². The molecule has 1 aliphatic carbocycles. The van der Waals surface area contributed by atoms with Crippen molar-refractivity contribution >= 4 is 11.8 Å². The Balaban J connectivity index is 1.32. The van der Waals surface area contributed by atoms with Gasteiger partial charge in [-0.2, -0.15) is 0 Å². The lowest BCUT2D eigenvalue weighted by Crippen LogP contribution is -3.28. The number of hydrogen-bond acceptors (Lipinski definition) is 3. The number of imide groups is 1. The van der Waals surface area contributed by atoms with Crippen LogP contribution in [-0.2, 0) is 16.1 Å². The van der Waals surface area contributed by atoms with Crippen molar-refractivity contribution in [1.29, 1.82) is 0 Å². The first-order valence-corrected chi connectivity index (χ1v) is 10.7. The van der Waals surface area contributed by atoms with E-state index in [4.69, 9.17) is 4.74 Å². The third-order valence-electron chi connectivity index (χ3n) is 6.85. The molecule has 2 saturated heterocycles. The van der Waals surface area contributed by atoms with Crippen LogP contribution in [0.1, 0.15) is 36.8 Å². The van der Waals surface area contributed by atoms with Crippen LogP contribution in [0.3, 0.4) is 0 Å². The lowest BCUT2D eigenvalue weighted by molar-refractivity contribution is -1.02. The minimum absolute atomic E-state index is 0.0265. The van der Waals surface area contributed by atoms with Crippen molar-refractivity contribution in [3.05, 3.63) is 29.3 Å². The third-order valence-corrected chi connectivity index (χ3v) is 6.85. The molecule has 2 aliphatic heterocycles. The van der Waals surface area contributed by atoms with E-state index in [1.807, 2.05) is 0 Å². The number of piperazine rings is 1. The molecule has 2 amide bonds. The van der Waals surface area contributed by atoms with Crippen LogP contribution in [0.4, 0.5) is 0 Å². The van der Waals surface area contributed by atoms with Crippen LogP contribution < -0.4 is 14.5 Å². The van der Waals surface area contributed by atoms with Gasteiger partial charge in [0, 0.05) is 5.56 Å². The molecule has 6 nitrogen and oxygen atoms in total. The number of fused-ring (bicyclic) bond motifs is 1. The largest absolute Gasteiger partial charge is 0.496 e. The first-order chi connectivity index (χ1) is 13.6. The number of likely N-dealkylation sites (tertiary alicyclic amines) is 1. The van der Waals surface area contributed by atoms with E-state index >= 15 is 0 Å². The van der Waals surface area contributed by atoms with Crippen molar-refractivity contribution in [1.82, 2.24) is 4.90 Å². The Morgan fingerprint density at radius 3 is 2.21 bits per heavy atom. The third kappa shape index (κ3) is 3.80. The molecule has 1 saturated carbocycles. The zero-order chi connectivity index (χ0) is 19.7. The van der Waals surface area contributed by atoms with E-state index in [0.717, 1.165) is 64.2 Å². The average Bonchev–Trinajstić information content (AvgIpc) is 2.95. The molecule has 3 aliphatic rings. The molecule has 2 atom stereocenters. The van der Waals surface area contributed by atoms with E-state index < -0.39 is 0 Å². The van der Waals surface area contributed by atoms with Crippen LogP contribution in [0, 0.1) is 18.8 Å². The Morgan fingerprint density at radius 1 is 1.00 bits per heavy atom. The molecule has 3 fully saturated rings. The van der Waals surface area contributed by atoms with Crippen LogP contribution in [0.25, 0.3) is 0 Å². The number of methoxy groups -OCH3 is 1. The van der Waals surface area contributed by atoms with Crippen molar-refractivity contribution in [3.8, 4) is 5.75 Å². The number of ether oxygens (including phenoxy) is 1. The molecule has 6 heteroatoms. The van der Waals surface area contributed by atoms with Gasteiger partial charge in [-0.1, -0.05) is 24.5 Å². The number of aryl methyl sites for hydroxylation is 1. The monoisotopic (exact) mass is 387 g/mol. The second kappa shape index (κ2) is 8.21. The van der Waals surface area contributed by atoms with E-state index in [-0.39, 0.29) is 23.7 Å². The number of carbonyl (C=O) groups excluding carboxylic acids is 2. The van der Waals surface area contributed by atoms with E-state index in [9.17, 15) is 9.59 Å². The number of nitrogens with zero attached hydrogens (tertiary/aromatic N) is 1. The second-order valence-corrected chi connectivity index (χ2v) is 8.75. The number of benzene rings is 1. The predicted octanol–water partition coefficient (Wildman–Crippen LogP) is -0.580. The predicted molar refractivity (Wildman–Crippen MR) is 105 cm³/mol. The first kappa shape index (κ1) is 19.4. The van der Waals surface area contributed by atoms with Gasteiger partial charge in [-0.05, 0) is 31.9 Å². The normalized spacial score (nSPS) is 30.4. The Kier molecular flexibility index (Phi) is 5.69. The van der Waals surface area contributed by atoms with E-state index in [1.54, 1.807) is 16.9 Å². The molecule has 0 unspecified atom stereocenters. The van der Waals surface area contributed by atoms with Gasteiger partial charge in [0.25, 0.3) is 0 Å². The number of carbonyl (C=O) groups is 2. The van der Waals surface area contributed by atoms with E-state index in [0.29, 0.717) is 6.67 Å². The number of rotatable bonds is 5. The average molecular weight is 388 g/mol. The van der Waals surface area contributed by atoms with Crippen molar-refractivity contribution in [2.45, 2.75) is 39.2 Å². The van der Waals surface area contributed by atoms with Crippen LogP contribution in [0.2, 0.25) is 0 Å². The van der Waals surface area contributed by atoms with Crippen LogP contribution >= 0.6 is 0 Å². The molecule has 1 aromatic carbocycles. The molecule has 1 aromatic rings. The van der Waals surface area contributed by atoms with Crippen molar-refractivity contribution in [3.63, 3.8) is 0 Å². The fourth-order valence-electron chi connectivity index (χ4n) is 5.22. The maximum atomic E-state index is 12.7. The lowest BCUT2D eigenvalue weighted by Gasteiger charge is -2.31. The van der Waals surface area contributed by atoms with Gasteiger partial charge >= 0.3 is 0 Å². The maximum absolute atomic E-state index is 12.7. The van der Waals surface area contributed by atoms with Gasteiger partial charge in [-0.3, -0.25) is 9.59 Å². The molecule has 2 N–H and O–H groups in total. The zero-order valence-electron chi connectivity index (χ0n) is 17.1. The van der Waals surface area contributed by atoms with E-state index in [2.05, 4.69) is 25.1 Å². The Hall–Kier alpha value is -1.92. The summed E-state index contributed by atoms with van der Waals surface area (Å²) in [6.45, 7) is 7.73. The summed E-state index contributed by atoms with van der Waals surface area (Å²) in [7, 11) is 1.73. The SMILES string of the molecule is COc1ccc(C)cc1C[NH+]1CC[NH+](CN2C(=O)[C@H]3CCCC[C@H]3C2=O)CC1. The van der Waals surface area contributed by atoms with E-state index in [1.165, 1.54) is 16.0 Å². The molecule has 28 heavy (non-hydrogen) atoms. The minimum Gasteiger partial charge on any atom is -0.496 e. The molecule has 4 rings (SSSR count). The summed E-state index contributed by atoms with van der Waals surface area (Å²) in [5, 5.41) is 0. The van der Waals surface area contributed by atoms with Gasteiger partial charge in [-0.25, -0.2) is 4.90 Å². The fourth-order valence-corrected chi connectivity index (χ4v) is 5.22. The number of nitrogens with one attached hydrogen (secondary N) is 2. The highest BCUT2D eigenvalue weighted by Crippen LogP contribution is 2.37. The van der Waals surface area contributed by atoms with Crippen molar-refractivity contribution in [2.75, 3.05) is 40.0 Å². The van der Waals surface area contributed by atoms with Gasteiger partial charge < -0.3 is 14.5 Å². The first-order valence-electron chi connectivity index (χ1n) is 10.7. The van der Waals surface area contributed by atoms with Gasteiger partial charge in [0.1, 0.15) is 38.5 Å². The summed E-state index contributed by atoms with van der Waals surface area (Å²) < 4.78 is 5.52. The molecule has 0 bridgehead atoms. The van der Waals surface area contributed by atoms with Gasteiger partial charge in [-0.15, -0.1) is 0 Å². The summed E-state index contributed by atoms with van der Waals surface area (Å²) in [6, 6.07) is 6.35. The molecule has 0 radical (unpaired) electrons. The molecular formula is C22H33N3O3+2. The Bertz CT molecular complexity index is 719. The highest BCUT2D eigenvalue weighted by molar-refractivity contribution is 6.05. The van der Waals surface area contributed by atoms with Crippen molar-refractivity contribution < 1.29 is 24.1 Å². The number of hydrogen-bond donors (Lipinski definition) is 2. The van der Waals surface area contributed by atoms with Crippen molar-refractivity contribution in [2.24, 2.45) is 11.8 Å². The van der Waals surface area contributed by atoms with Gasteiger partial charge in [0.15, 0.2) is 6.67 Å². The fraction of sp³-hybridized carbons (Fsp3) is 0.636. The summed E-state index contributed by atoms with van der Waals surface area (Å²) in [6.07, 6.45) is 3.98. The Labute approximate surface area is 167 Å². The summed E-state index contributed by atoms with van der Waals surface area (Å²) in [4.78, 5) is 29.9. The minimum atomic E-state index is -0.0265. The summed E-state index contributed by atoms with van der Waals surface area (Å²) >= 11 is 0. The quantitative estimate of drug-likeness (QED) is 0.665. The van der Waals surface area contributed by atoms with Crippen LogP contribution in [0.15, 0.2) is 18.2 Å². The van der Waals surface area contributed by atoms with Gasteiger partial charge in [0.05, 0.1) is 18.9 Å². The second-order valence-electron chi connectivity index (χ2n) is 8.75. The summed E-state index contributed by atoms with van der Waals surface area (Å²) in [5.41, 5.74) is 2.52. The molecule has 2 heterocycles. The topological polar surface area (TPSA) is 55.5 Å². The molecule has 0 spiro atoms. The molecular weight excluding hydrogens is 354 g/mol.